The van der Waals surface area contributed by atoms with Crippen molar-refractivity contribution in [2.75, 3.05) is 11.1 Å². The number of rotatable bonds is 7. The number of anilines is 1. The number of thiophene rings is 1. The monoisotopic (exact) mass is 560 g/mol. The highest BCUT2D eigenvalue weighted by Gasteiger charge is 2.25. The zero-order valence-electron chi connectivity index (χ0n) is 22.4. The number of carbonyl (C=O) groups excluding carboxylic acids is 1. The Balaban J connectivity index is 1.17. The molecule has 1 aliphatic rings. The molecule has 0 atom stereocenters. The van der Waals surface area contributed by atoms with Gasteiger partial charge in [-0.15, -0.1) is 11.3 Å². The van der Waals surface area contributed by atoms with E-state index in [4.69, 9.17) is 4.98 Å². The first-order valence-electron chi connectivity index (χ1n) is 13.3. The molecule has 5 aromatic rings. The molecule has 0 saturated carbocycles. The molecular formula is C33H28N4OS2. The fraction of sp³-hybridized carbons (Fsp3) is 0.182. The minimum absolute atomic E-state index is 0.0973. The van der Waals surface area contributed by atoms with Crippen LogP contribution in [0.3, 0.4) is 0 Å². The first-order chi connectivity index (χ1) is 19.5. The molecule has 6 rings (SSSR count). The first kappa shape index (κ1) is 26.1. The van der Waals surface area contributed by atoms with Crippen molar-refractivity contribution in [3.05, 3.63) is 101 Å². The van der Waals surface area contributed by atoms with Gasteiger partial charge in [0.1, 0.15) is 11.1 Å². The van der Waals surface area contributed by atoms with Gasteiger partial charge in [0.25, 0.3) is 0 Å². The molecule has 0 aliphatic heterocycles. The molecule has 0 bridgehead atoms. The van der Waals surface area contributed by atoms with Gasteiger partial charge in [-0.3, -0.25) is 4.79 Å². The molecule has 7 heteroatoms. The van der Waals surface area contributed by atoms with Crippen LogP contribution in [0.5, 0.6) is 0 Å². The second-order valence-electron chi connectivity index (χ2n) is 10.0. The van der Waals surface area contributed by atoms with Gasteiger partial charge in [-0.25, -0.2) is 4.98 Å². The number of hydrogen-bond donors (Lipinski definition) is 2. The number of fused-ring (bicyclic) bond motifs is 3. The molecule has 2 heterocycles. The predicted octanol–water partition coefficient (Wildman–Crippen LogP) is 8.18. The summed E-state index contributed by atoms with van der Waals surface area (Å²) < 4.78 is 0. The average molecular weight is 561 g/mol. The number of nitrogens with zero attached hydrogens (tertiary/aromatic N) is 2. The summed E-state index contributed by atoms with van der Waals surface area (Å²) in [5.74, 6) is 0.468. The summed E-state index contributed by atoms with van der Waals surface area (Å²) in [6, 6.07) is 27.5. The van der Waals surface area contributed by atoms with Crippen molar-refractivity contribution in [1.29, 1.82) is 5.26 Å². The number of aromatic amines is 1. The Morgan fingerprint density at radius 2 is 1.70 bits per heavy atom. The number of hydrogen-bond acceptors (Lipinski definition) is 5. The zero-order valence-corrected chi connectivity index (χ0v) is 24.0. The predicted molar refractivity (Wildman–Crippen MR) is 165 cm³/mol. The number of thioether (sulfide) groups is 1. The van der Waals surface area contributed by atoms with Crippen LogP contribution in [0.25, 0.3) is 33.0 Å². The standard InChI is InChI=1S/C33H28N4OS2/c1-20-7-11-23(12-8-20)29-30(24-13-9-21(2)10-14-24)37-33(36-29)39-18-17-28(38)35-32-27(19-34)26-16-15-22-5-3-4-6-25(22)31(26)40-32/h3-14H,15-18H2,1-2H3,(H,35,38)(H,36,37). The minimum atomic E-state index is -0.0973. The summed E-state index contributed by atoms with van der Waals surface area (Å²) in [5.41, 5.74) is 10.5. The van der Waals surface area contributed by atoms with Crippen molar-refractivity contribution in [2.24, 2.45) is 0 Å². The fourth-order valence-corrected chi connectivity index (χ4v) is 7.13. The molecule has 40 heavy (non-hydrogen) atoms. The van der Waals surface area contributed by atoms with Crippen LogP contribution in [-0.2, 0) is 17.6 Å². The SMILES string of the molecule is Cc1ccc(-c2nc(SCCC(=O)Nc3sc4c(c3C#N)CCc3ccccc3-4)[nH]c2-c2ccc(C)cc2)cc1. The maximum Gasteiger partial charge on any atom is 0.225 e. The van der Waals surface area contributed by atoms with Gasteiger partial charge in [-0.1, -0.05) is 95.7 Å². The molecule has 2 aromatic heterocycles. The maximum absolute atomic E-state index is 13.0. The maximum atomic E-state index is 13.0. The Hall–Kier alpha value is -4.12. The second-order valence-corrected chi connectivity index (χ2v) is 12.1. The van der Waals surface area contributed by atoms with E-state index in [1.54, 1.807) is 0 Å². The summed E-state index contributed by atoms with van der Waals surface area (Å²) in [4.78, 5) is 22.5. The van der Waals surface area contributed by atoms with Crippen LogP contribution < -0.4 is 5.32 Å². The number of aromatic nitrogens is 2. The number of H-pyrrole nitrogens is 1. The van der Waals surface area contributed by atoms with Gasteiger partial charge >= 0.3 is 0 Å². The molecule has 0 fully saturated rings. The Bertz CT molecular complexity index is 1680. The van der Waals surface area contributed by atoms with Crippen LogP contribution in [0.4, 0.5) is 5.00 Å². The number of nitrogens with one attached hydrogen (secondary N) is 2. The van der Waals surface area contributed by atoms with E-state index in [0.29, 0.717) is 22.7 Å². The molecule has 2 N–H and O–H groups in total. The Kier molecular flexibility index (Phi) is 7.29. The van der Waals surface area contributed by atoms with Crippen LogP contribution in [0.2, 0.25) is 0 Å². The summed E-state index contributed by atoms with van der Waals surface area (Å²) in [7, 11) is 0. The number of amides is 1. The molecular weight excluding hydrogens is 533 g/mol. The van der Waals surface area contributed by atoms with Crippen LogP contribution in [0, 0.1) is 25.2 Å². The topological polar surface area (TPSA) is 81.6 Å². The van der Waals surface area contributed by atoms with E-state index in [1.165, 1.54) is 45.4 Å². The average Bonchev–Trinajstić information content (AvgIpc) is 3.55. The molecule has 1 amide bonds. The van der Waals surface area contributed by atoms with Crippen molar-refractivity contribution < 1.29 is 4.79 Å². The van der Waals surface area contributed by atoms with Gasteiger partial charge in [0.05, 0.1) is 17.0 Å². The van der Waals surface area contributed by atoms with E-state index >= 15 is 0 Å². The Morgan fingerprint density at radius 3 is 2.42 bits per heavy atom. The lowest BCUT2D eigenvalue weighted by molar-refractivity contribution is -0.115. The quantitative estimate of drug-likeness (QED) is 0.197. The van der Waals surface area contributed by atoms with Crippen molar-refractivity contribution in [3.63, 3.8) is 0 Å². The number of aryl methyl sites for hydroxylation is 3. The third-order valence-corrected chi connectivity index (χ3v) is 9.25. The summed E-state index contributed by atoms with van der Waals surface area (Å²) >= 11 is 3.04. The van der Waals surface area contributed by atoms with E-state index in [1.807, 2.05) is 6.07 Å². The highest BCUT2D eigenvalue weighted by Crippen LogP contribution is 2.44. The number of imidazole rings is 1. The zero-order chi connectivity index (χ0) is 27.6. The number of benzene rings is 3. The first-order valence-corrected chi connectivity index (χ1v) is 15.1. The normalized spacial score (nSPS) is 11.9. The summed E-state index contributed by atoms with van der Waals surface area (Å²) in [5, 5.41) is 14.3. The lowest BCUT2D eigenvalue weighted by Crippen LogP contribution is -2.12. The molecule has 0 saturated heterocycles. The van der Waals surface area contributed by atoms with Gasteiger partial charge < -0.3 is 10.3 Å². The van der Waals surface area contributed by atoms with Crippen LogP contribution in [0.15, 0.2) is 78.0 Å². The van der Waals surface area contributed by atoms with Crippen molar-refractivity contribution in [3.8, 4) is 39.0 Å². The summed E-state index contributed by atoms with van der Waals surface area (Å²) in [6.07, 6.45) is 2.05. The molecule has 3 aromatic carbocycles. The second kappa shape index (κ2) is 11.2. The molecule has 0 radical (unpaired) electrons. The smallest absolute Gasteiger partial charge is 0.225 e. The molecule has 198 valence electrons. The largest absolute Gasteiger partial charge is 0.332 e. The molecule has 0 unspecified atom stereocenters. The number of nitriles is 1. The van der Waals surface area contributed by atoms with E-state index in [-0.39, 0.29) is 5.91 Å². The van der Waals surface area contributed by atoms with Crippen molar-refractivity contribution in [1.82, 2.24) is 9.97 Å². The van der Waals surface area contributed by atoms with Gasteiger partial charge in [-0.05, 0) is 43.4 Å². The van der Waals surface area contributed by atoms with Crippen LogP contribution in [0.1, 0.15) is 34.2 Å². The lowest BCUT2D eigenvalue weighted by atomic mass is 9.90. The van der Waals surface area contributed by atoms with E-state index in [0.717, 1.165) is 51.0 Å². The van der Waals surface area contributed by atoms with Gasteiger partial charge in [0, 0.05) is 28.2 Å². The molecule has 5 nitrogen and oxygen atoms in total. The fourth-order valence-electron chi connectivity index (χ4n) is 5.05. The lowest BCUT2D eigenvalue weighted by Gasteiger charge is -2.15. The van der Waals surface area contributed by atoms with E-state index in [9.17, 15) is 10.1 Å². The summed E-state index contributed by atoms with van der Waals surface area (Å²) in [6.45, 7) is 4.15. The van der Waals surface area contributed by atoms with Gasteiger partial charge in [0.2, 0.25) is 5.91 Å². The third-order valence-electron chi connectivity index (χ3n) is 7.19. The molecule has 0 spiro atoms. The van der Waals surface area contributed by atoms with Crippen molar-refractivity contribution in [2.45, 2.75) is 38.3 Å². The van der Waals surface area contributed by atoms with Gasteiger partial charge in [-0.2, -0.15) is 5.26 Å². The highest BCUT2D eigenvalue weighted by molar-refractivity contribution is 7.99. The van der Waals surface area contributed by atoms with Crippen LogP contribution in [-0.4, -0.2) is 21.6 Å². The number of carbonyl (C=O) groups is 1. The van der Waals surface area contributed by atoms with E-state index < -0.39 is 0 Å². The third kappa shape index (κ3) is 5.21. The Labute approximate surface area is 242 Å². The Morgan fingerprint density at radius 1 is 1.00 bits per heavy atom. The molecule has 1 aliphatic carbocycles. The minimum Gasteiger partial charge on any atom is -0.332 e. The van der Waals surface area contributed by atoms with E-state index in [2.05, 4.69) is 96.9 Å². The highest BCUT2D eigenvalue weighted by atomic mass is 32.2. The van der Waals surface area contributed by atoms with Crippen LogP contribution >= 0.6 is 23.1 Å². The van der Waals surface area contributed by atoms with Crippen molar-refractivity contribution >= 4 is 34.0 Å². The van der Waals surface area contributed by atoms with Gasteiger partial charge in [0.15, 0.2) is 5.16 Å².